The molecule has 2 heterocycles. The molecule has 1 saturated heterocycles. The molecule has 4 rings (SSSR count). The molecule has 2 amide bonds. The number of aromatic nitrogens is 2. The zero-order valence-corrected chi connectivity index (χ0v) is 19.8. The number of carbonyl (C=O) groups is 3. The van der Waals surface area contributed by atoms with Crippen LogP contribution in [0.2, 0.25) is 5.02 Å². The molecule has 192 valence electrons. The first-order valence-corrected chi connectivity index (χ1v) is 11.1. The van der Waals surface area contributed by atoms with E-state index in [1.165, 1.54) is 0 Å². The molecule has 5 N–H and O–H groups in total. The normalized spacial score (nSPS) is 14.7. The van der Waals surface area contributed by atoms with E-state index in [-0.39, 0.29) is 11.8 Å². The Morgan fingerprint density at radius 2 is 1.81 bits per heavy atom. The Bertz CT molecular complexity index is 1290. The number of benzene rings is 2. The van der Waals surface area contributed by atoms with E-state index in [0.29, 0.717) is 22.0 Å². The van der Waals surface area contributed by atoms with Gasteiger partial charge in [0.25, 0.3) is 0 Å². The number of H-pyrrole nitrogens is 1. The molecule has 0 spiro atoms. The molecule has 0 aliphatic carbocycles. The van der Waals surface area contributed by atoms with Gasteiger partial charge in [0.2, 0.25) is 11.8 Å². The number of carboxylic acids is 1. The first-order valence-electron chi connectivity index (χ1n) is 10.7. The molecule has 0 radical (unpaired) electrons. The van der Waals surface area contributed by atoms with Gasteiger partial charge in [-0.2, -0.15) is 18.3 Å². The molecule has 1 aliphatic rings. The number of alkyl halides is 3. The lowest BCUT2D eigenvalue weighted by Gasteiger charge is -2.27. The Labute approximate surface area is 208 Å². The summed E-state index contributed by atoms with van der Waals surface area (Å²) in [5, 5.41) is 18.6. The number of rotatable bonds is 4. The third-order valence-electron chi connectivity index (χ3n) is 5.70. The molecule has 0 unspecified atom stereocenters. The molecule has 13 heteroatoms. The van der Waals surface area contributed by atoms with Crippen molar-refractivity contribution in [1.82, 2.24) is 15.1 Å². The molecule has 0 bridgehead atoms. The average Bonchev–Trinajstić information content (AvgIpc) is 3.21. The highest BCUT2D eigenvalue weighted by atomic mass is 35.5. The summed E-state index contributed by atoms with van der Waals surface area (Å²) >= 11 is 6.35. The summed E-state index contributed by atoms with van der Waals surface area (Å²) in [6.45, 7) is 1.83. The maximum absolute atomic E-state index is 12.7. The van der Waals surface area contributed by atoms with E-state index in [1.807, 2.05) is 18.2 Å². The van der Waals surface area contributed by atoms with Gasteiger partial charge in [-0.1, -0.05) is 17.7 Å². The molecule has 3 aromatic rings. The van der Waals surface area contributed by atoms with Crippen LogP contribution in [-0.2, 0) is 9.59 Å². The van der Waals surface area contributed by atoms with E-state index in [1.54, 1.807) is 18.2 Å². The second-order valence-corrected chi connectivity index (χ2v) is 8.67. The van der Waals surface area contributed by atoms with Crippen molar-refractivity contribution in [3.05, 3.63) is 47.0 Å². The standard InChI is InChI=1S/C21H22ClN5O2.C2HF3O2/c1-27-8-6-12(7-9-27)21(29)24-20-16-10-13(3-5-18(16)25-26-20)15-11-14(19(23)28)2-4-17(15)22;3-2(4,5)1(6)7/h2-5,10-12H,6-9H2,1H3,(H2,23,28)(H2,24,25,26,29);(H,6,7). The van der Waals surface area contributed by atoms with Gasteiger partial charge in [0.05, 0.1) is 5.52 Å². The fourth-order valence-corrected chi connectivity index (χ4v) is 3.89. The van der Waals surface area contributed by atoms with Gasteiger partial charge < -0.3 is 21.1 Å². The van der Waals surface area contributed by atoms with Crippen LogP contribution in [0.5, 0.6) is 0 Å². The molecule has 1 aromatic heterocycles. The number of nitrogens with two attached hydrogens (primary N) is 1. The average molecular weight is 526 g/mol. The van der Waals surface area contributed by atoms with E-state index in [0.717, 1.165) is 42.4 Å². The van der Waals surface area contributed by atoms with Gasteiger partial charge in [0.1, 0.15) is 0 Å². The molecule has 9 nitrogen and oxygen atoms in total. The minimum Gasteiger partial charge on any atom is -0.475 e. The lowest BCUT2D eigenvalue weighted by atomic mass is 9.96. The number of aromatic amines is 1. The monoisotopic (exact) mass is 525 g/mol. The largest absolute Gasteiger partial charge is 0.490 e. The lowest BCUT2D eigenvalue weighted by Crippen LogP contribution is -2.36. The Hall–Kier alpha value is -3.64. The highest BCUT2D eigenvalue weighted by molar-refractivity contribution is 6.33. The van der Waals surface area contributed by atoms with Crippen LogP contribution < -0.4 is 11.1 Å². The third-order valence-corrected chi connectivity index (χ3v) is 6.03. The number of aliphatic carboxylic acids is 1. The molecule has 2 aromatic carbocycles. The molecule has 1 fully saturated rings. The Balaban J connectivity index is 0.000000454. The van der Waals surface area contributed by atoms with Crippen molar-refractivity contribution in [3.8, 4) is 11.1 Å². The van der Waals surface area contributed by atoms with E-state index in [2.05, 4.69) is 27.5 Å². The van der Waals surface area contributed by atoms with Crippen LogP contribution in [0.1, 0.15) is 23.2 Å². The topological polar surface area (TPSA) is 141 Å². The van der Waals surface area contributed by atoms with Gasteiger partial charge in [0, 0.05) is 27.5 Å². The van der Waals surface area contributed by atoms with Crippen molar-refractivity contribution < 1.29 is 32.7 Å². The molecule has 0 saturated carbocycles. The van der Waals surface area contributed by atoms with Crippen molar-refractivity contribution in [3.63, 3.8) is 0 Å². The smallest absolute Gasteiger partial charge is 0.475 e. The van der Waals surface area contributed by atoms with Crippen LogP contribution in [0.3, 0.4) is 0 Å². The SMILES string of the molecule is CN1CCC(C(=O)Nc2n[nH]c3ccc(-c4cc(C(N)=O)ccc4Cl)cc23)CC1.O=C(O)C(F)(F)F. The molecule has 1 aliphatic heterocycles. The van der Waals surface area contributed by atoms with Gasteiger partial charge in [-0.25, -0.2) is 4.79 Å². The van der Waals surface area contributed by atoms with E-state index < -0.39 is 18.1 Å². The minimum atomic E-state index is -5.08. The Morgan fingerprint density at radius 1 is 1.17 bits per heavy atom. The van der Waals surface area contributed by atoms with Crippen molar-refractivity contribution in [2.24, 2.45) is 11.7 Å². The first-order chi connectivity index (χ1) is 16.9. The van der Waals surface area contributed by atoms with Gasteiger partial charge in [-0.05, 0) is 68.9 Å². The van der Waals surface area contributed by atoms with Crippen LogP contribution in [0.4, 0.5) is 19.0 Å². The summed E-state index contributed by atoms with van der Waals surface area (Å²) in [6, 6.07) is 10.6. The quantitative estimate of drug-likeness (QED) is 0.407. The van der Waals surface area contributed by atoms with Gasteiger partial charge in [-0.15, -0.1) is 0 Å². The van der Waals surface area contributed by atoms with Crippen LogP contribution in [0, 0.1) is 5.92 Å². The summed E-state index contributed by atoms with van der Waals surface area (Å²) in [4.78, 5) is 35.3. The number of nitrogens with zero attached hydrogens (tertiary/aromatic N) is 2. The second kappa shape index (κ2) is 11.0. The number of hydrogen-bond acceptors (Lipinski definition) is 5. The zero-order chi connectivity index (χ0) is 26.6. The molecular weight excluding hydrogens is 503 g/mol. The van der Waals surface area contributed by atoms with E-state index in [4.69, 9.17) is 27.2 Å². The predicted molar refractivity (Wildman–Crippen MR) is 128 cm³/mol. The highest BCUT2D eigenvalue weighted by Crippen LogP contribution is 2.33. The van der Waals surface area contributed by atoms with Crippen molar-refractivity contribution >= 4 is 46.1 Å². The second-order valence-electron chi connectivity index (χ2n) is 8.26. The molecule has 36 heavy (non-hydrogen) atoms. The fourth-order valence-electron chi connectivity index (χ4n) is 3.67. The zero-order valence-electron chi connectivity index (χ0n) is 19.0. The number of likely N-dealkylation sites (tertiary alicyclic amines) is 1. The van der Waals surface area contributed by atoms with E-state index >= 15 is 0 Å². The van der Waals surface area contributed by atoms with Gasteiger partial charge >= 0.3 is 12.1 Å². The van der Waals surface area contributed by atoms with Gasteiger partial charge in [-0.3, -0.25) is 14.7 Å². The number of fused-ring (bicyclic) bond motifs is 1. The Kier molecular flexibility index (Phi) is 8.21. The predicted octanol–water partition coefficient (Wildman–Crippen LogP) is 3.90. The number of amides is 2. The first kappa shape index (κ1) is 27.0. The number of anilines is 1. The number of nitrogens with one attached hydrogen (secondary N) is 2. The number of carboxylic acid groups (broad SMARTS) is 1. The van der Waals surface area contributed by atoms with E-state index in [9.17, 15) is 22.8 Å². The number of hydrogen-bond donors (Lipinski definition) is 4. The molecular formula is C23H23ClF3N5O4. The van der Waals surface area contributed by atoms with Crippen LogP contribution in [0.15, 0.2) is 36.4 Å². The third kappa shape index (κ3) is 6.52. The number of carbonyl (C=O) groups excluding carboxylic acids is 2. The summed E-state index contributed by atoms with van der Waals surface area (Å²) < 4.78 is 31.7. The molecule has 0 atom stereocenters. The maximum Gasteiger partial charge on any atom is 0.490 e. The summed E-state index contributed by atoms with van der Waals surface area (Å²) in [7, 11) is 2.06. The van der Waals surface area contributed by atoms with Crippen LogP contribution in [-0.4, -0.2) is 64.3 Å². The maximum atomic E-state index is 12.7. The Morgan fingerprint density at radius 3 is 2.39 bits per heavy atom. The van der Waals surface area contributed by atoms with Crippen molar-refractivity contribution in [2.45, 2.75) is 19.0 Å². The lowest BCUT2D eigenvalue weighted by molar-refractivity contribution is -0.192. The van der Waals surface area contributed by atoms with Crippen molar-refractivity contribution in [2.75, 3.05) is 25.5 Å². The van der Waals surface area contributed by atoms with Crippen molar-refractivity contribution in [1.29, 1.82) is 0 Å². The van der Waals surface area contributed by atoms with Gasteiger partial charge in [0.15, 0.2) is 5.82 Å². The number of piperidine rings is 1. The van der Waals surface area contributed by atoms with Crippen LogP contribution in [0.25, 0.3) is 22.0 Å². The minimum absolute atomic E-state index is 0.00865. The van der Waals surface area contributed by atoms with Crippen LogP contribution >= 0.6 is 11.6 Å². The summed E-state index contributed by atoms with van der Waals surface area (Å²) in [5.74, 6) is -2.80. The summed E-state index contributed by atoms with van der Waals surface area (Å²) in [6.07, 6.45) is -3.41. The summed E-state index contributed by atoms with van der Waals surface area (Å²) in [5.41, 5.74) is 8.08. The number of primary amides is 1. The number of halogens is 4. The fraction of sp³-hybridized carbons (Fsp3) is 0.304. The highest BCUT2D eigenvalue weighted by Gasteiger charge is 2.38.